The van der Waals surface area contributed by atoms with Gasteiger partial charge >= 0.3 is 0 Å². The van der Waals surface area contributed by atoms with Gasteiger partial charge in [-0.25, -0.2) is 13.4 Å². The lowest BCUT2D eigenvalue weighted by molar-refractivity contribution is 0.210. The van der Waals surface area contributed by atoms with Crippen molar-refractivity contribution in [3.05, 3.63) is 35.8 Å². The van der Waals surface area contributed by atoms with E-state index < -0.39 is 10.0 Å². The van der Waals surface area contributed by atoms with Gasteiger partial charge in [0.25, 0.3) is 10.0 Å². The zero-order chi connectivity index (χ0) is 14.7. The fourth-order valence-corrected chi connectivity index (χ4v) is 4.13. The number of rotatable bonds is 5. The monoisotopic (exact) mass is 324 g/mol. The Morgan fingerprint density at radius 2 is 1.90 bits per heavy atom. The maximum Gasteiger partial charge on any atom is 0.263 e. The second kappa shape index (κ2) is 6.03. The molecule has 0 radical (unpaired) electrons. The van der Waals surface area contributed by atoms with Crippen LogP contribution in [0.2, 0.25) is 0 Å². The van der Waals surface area contributed by atoms with Crippen molar-refractivity contribution in [3.8, 4) is 5.75 Å². The molecule has 7 heteroatoms. The van der Waals surface area contributed by atoms with Crippen molar-refractivity contribution >= 4 is 26.5 Å². The standard InChI is InChI=1S/C14H16N2O3S2/c17-21(18,16-14-15-9-10-20-14)13-7-5-12(6-8-13)19-11-3-1-2-4-11/h5-11H,1-4H2,(H,15,16). The van der Waals surface area contributed by atoms with Gasteiger partial charge in [-0.2, -0.15) is 0 Å². The highest BCUT2D eigenvalue weighted by Crippen LogP contribution is 2.25. The summed E-state index contributed by atoms with van der Waals surface area (Å²) in [4.78, 5) is 4.12. The van der Waals surface area contributed by atoms with E-state index in [4.69, 9.17) is 4.74 Å². The Bertz CT molecular complexity index is 676. The van der Waals surface area contributed by atoms with E-state index in [0.717, 1.165) is 18.6 Å². The molecule has 0 bridgehead atoms. The van der Waals surface area contributed by atoms with Gasteiger partial charge in [0.15, 0.2) is 5.13 Å². The third-order valence-electron chi connectivity index (χ3n) is 3.39. The van der Waals surface area contributed by atoms with Crippen molar-refractivity contribution in [2.75, 3.05) is 4.72 Å². The zero-order valence-corrected chi connectivity index (χ0v) is 13.0. The molecule has 1 aliphatic carbocycles. The number of thiazole rings is 1. The van der Waals surface area contributed by atoms with Crippen LogP contribution in [0, 0.1) is 0 Å². The average molecular weight is 324 g/mol. The van der Waals surface area contributed by atoms with Crippen molar-refractivity contribution in [2.24, 2.45) is 0 Å². The van der Waals surface area contributed by atoms with Crippen LogP contribution in [0.1, 0.15) is 25.7 Å². The molecule has 0 aliphatic heterocycles. The molecule has 0 spiro atoms. The molecule has 1 aliphatic rings. The fourth-order valence-electron chi connectivity index (χ4n) is 2.34. The number of hydrogen-bond donors (Lipinski definition) is 1. The SMILES string of the molecule is O=S(=O)(Nc1nccs1)c1ccc(OC2CCCC2)cc1. The van der Waals surface area contributed by atoms with E-state index in [0.29, 0.717) is 5.13 Å². The summed E-state index contributed by atoms with van der Waals surface area (Å²) in [6, 6.07) is 6.52. The number of nitrogens with zero attached hydrogens (tertiary/aromatic N) is 1. The van der Waals surface area contributed by atoms with Gasteiger partial charge in [0.05, 0.1) is 11.0 Å². The summed E-state index contributed by atoms with van der Waals surface area (Å²) in [6.07, 6.45) is 6.38. The van der Waals surface area contributed by atoms with Crippen LogP contribution in [0.25, 0.3) is 0 Å². The lowest BCUT2D eigenvalue weighted by Crippen LogP contribution is -2.13. The summed E-state index contributed by atoms with van der Waals surface area (Å²) in [6.45, 7) is 0. The smallest absolute Gasteiger partial charge is 0.263 e. The Kier molecular flexibility index (Phi) is 4.12. The molecule has 0 saturated heterocycles. The third kappa shape index (κ3) is 3.54. The lowest BCUT2D eigenvalue weighted by Gasteiger charge is -2.13. The number of hydrogen-bond acceptors (Lipinski definition) is 5. The van der Waals surface area contributed by atoms with E-state index in [1.807, 2.05) is 0 Å². The molecule has 1 aromatic heterocycles. The van der Waals surface area contributed by atoms with Gasteiger partial charge < -0.3 is 4.74 Å². The van der Waals surface area contributed by atoms with E-state index in [1.165, 1.54) is 24.2 Å². The average Bonchev–Trinajstić information content (AvgIpc) is 3.13. The molecule has 1 fully saturated rings. The fraction of sp³-hybridized carbons (Fsp3) is 0.357. The maximum atomic E-state index is 12.2. The normalized spacial score (nSPS) is 16.0. The first-order valence-electron chi connectivity index (χ1n) is 6.82. The first-order chi connectivity index (χ1) is 10.1. The van der Waals surface area contributed by atoms with Crippen LogP contribution < -0.4 is 9.46 Å². The van der Waals surface area contributed by atoms with Crippen molar-refractivity contribution in [3.63, 3.8) is 0 Å². The van der Waals surface area contributed by atoms with Crippen LogP contribution in [0.4, 0.5) is 5.13 Å². The first kappa shape index (κ1) is 14.3. The summed E-state index contributed by atoms with van der Waals surface area (Å²) in [5.41, 5.74) is 0. The van der Waals surface area contributed by atoms with Gasteiger partial charge in [-0.3, -0.25) is 4.72 Å². The summed E-state index contributed by atoms with van der Waals surface area (Å²) < 4.78 is 32.6. The van der Waals surface area contributed by atoms with Crippen LogP contribution in [0.5, 0.6) is 5.75 Å². The first-order valence-corrected chi connectivity index (χ1v) is 9.19. The number of ether oxygens (including phenoxy) is 1. The van der Waals surface area contributed by atoms with Crippen LogP contribution in [-0.2, 0) is 10.0 Å². The van der Waals surface area contributed by atoms with Crippen molar-refractivity contribution in [1.82, 2.24) is 4.98 Å². The molecule has 5 nitrogen and oxygen atoms in total. The molecule has 1 N–H and O–H groups in total. The molecule has 2 aromatic rings. The van der Waals surface area contributed by atoms with Crippen molar-refractivity contribution < 1.29 is 13.2 Å². The predicted molar refractivity (Wildman–Crippen MR) is 82.2 cm³/mol. The molecule has 1 saturated carbocycles. The Morgan fingerprint density at radius 3 is 2.52 bits per heavy atom. The number of benzene rings is 1. The number of aromatic nitrogens is 1. The highest BCUT2D eigenvalue weighted by molar-refractivity contribution is 7.93. The van der Waals surface area contributed by atoms with Crippen molar-refractivity contribution in [2.45, 2.75) is 36.7 Å². The van der Waals surface area contributed by atoms with E-state index in [9.17, 15) is 8.42 Å². The van der Waals surface area contributed by atoms with E-state index in [-0.39, 0.29) is 11.0 Å². The Balaban J connectivity index is 1.70. The molecule has 3 rings (SSSR count). The molecular weight excluding hydrogens is 308 g/mol. The molecule has 1 aromatic carbocycles. The minimum Gasteiger partial charge on any atom is -0.490 e. The van der Waals surface area contributed by atoms with E-state index in [1.54, 1.807) is 35.8 Å². The lowest BCUT2D eigenvalue weighted by atomic mass is 10.3. The maximum absolute atomic E-state index is 12.2. The Hall–Kier alpha value is -1.60. The second-order valence-electron chi connectivity index (χ2n) is 4.94. The van der Waals surface area contributed by atoms with Gasteiger partial charge in [-0.05, 0) is 49.9 Å². The van der Waals surface area contributed by atoms with E-state index in [2.05, 4.69) is 9.71 Å². The van der Waals surface area contributed by atoms with Gasteiger partial charge in [-0.15, -0.1) is 11.3 Å². The predicted octanol–water partition coefficient (Wildman–Crippen LogP) is 3.27. The summed E-state index contributed by atoms with van der Waals surface area (Å²) in [5.74, 6) is 0.718. The number of sulfonamides is 1. The number of anilines is 1. The van der Waals surface area contributed by atoms with Gasteiger partial charge in [0, 0.05) is 11.6 Å². The van der Waals surface area contributed by atoms with Crippen LogP contribution >= 0.6 is 11.3 Å². The van der Waals surface area contributed by atoms with Crippen LogP contribution in [-0.4, -0.2) is 19.5 Å². The van der Waals surface area contributed by atoms with E-state index >= 15 is 0 Å². The Labute approximate surface area is 128 Å². The Morgan fingerprint density at radius 1 is 1.19 bits per heavy atom. The summed E-state index contributed by atoms with van der Waals surface area (Å²) in [7, 11) is -3.58. The zero-order valence-electron chi connectivity index (χ0n) is 11.4. The van der Waals surface area contributed by atoms with Gasteiger partial charge in [-0.1, -0.05) is 0 Å². The quantitative estimate of drug-likeness (QED) is 0.916. The molecule has 0 unspecified atom stereocenters. The molecule has 0 amide bonds. The van der Waals surface area contributed by atoms with Crippen LogP contribution in [0.15, 0.2) is 40.7 Å². The molecular formula is C14H16N2O3S2. The second-order valence-corrected chi connectivity index (χ2v) is 7.52. The molecule has 21 heavy (non-hydrogen) atoms. The number of nitrogens with one attached hydrogen (secondary N) is 1. The molecule has 1 heterocycles. The molecule has 112 valence electrons. The largest absolute Gasteiger partial charge is 0.490 e. The summed E-state index contributed by atoms with van der Waals surface area (Å²) in [5, 5.41) is 2.08. The highest BCUT2D eigenvalue weighted by Gasteiger charge is 2.18. The molecule has 0 atom stereocenters. The summed E-state index contributed by atoms with van der Waals surface area (Å²) >= 11 is 1.24. The van der Waals surface area contributed by atoms with Gasteiger partial charge in [0.2, 0.25) is 0 Å². The minimum absolute atomic E-state index is 0.205. The minimum atomic E-state index is -3.58. The van der Waals surface area contributed by atoms with Gasteiger partial charge in [0.1, 0.15) is 5.75 Å². The topological polar surface area (TPSA) is 68.3 Å². The van der Waals surface area contributed by atoms with Crippen molar-refractivity contribution in [1.29, 1.82) is 0 Å². The van der Waals surface area contributed by atoms with Crippen LogP contribution in [0.3, 0.4) is 0 Å². The highest BCUT2D eigenvalue weighted by atomic mass is 32.2. The third-order valence-corrected chi connectivity index (χ3v) is 5.57.